The molecule has 2 aliphatic rings. The molecule has 128 heavy (non-hydrogen) atoms. The molecule has 0 saturated heterocycles. The molecule has 4 nitrogen and oxygen atoms in total. The van der Waals surface area contributed by atoms with Crippen molar-refractivity contribution < 1.29 is 0 Å². The van der Waals surface area contributed by atoms with Gasteiger partial charge in [-0.15, -0.1) is 0 Å². The predicted molar refractivity (Wildman–Crippen MR) is 542 cm³/mol. The van der Waals surface area contributed by atoms with E-state index in [0.717, 1.165) is 39.8 Å². The summed E-state index contributed by atoms with van der Waals surface area (Å²) in [5, 5.41) is 20.2. The van der Waals surface area contributed by atoms with Gasteiger partial charge in [-0.2, -0.15) is 0 Å². The zero-order chi connectivity index (χ0) is 84.7. The SMILES string of the molecule is CC1(C)c2ccccc2-c2ccc(N(c3ccc(-c4ccc5c(c4)c4ccccc4n5-c4ccccc4)cc3)c3ccc4c5ccccc5c5ccccc5c4c3)cc21.c1ccc(-n2c3ccccc3c3cc(-c4ccc(N(c5ccc6c(c5)C(c5ccccc5)(c5ccccc5)c5ccccc5-6)c5ccc6c7ccccc7c7ccccc7c6c5)cc4)ccc32)cc1. The summed E-state index contributed by atoms with van der Waals surface area (Å²) in [6, 6.07) is 175. The minimum absolute atomic E-state index is 0.113. The molecule has 0 atom stereocenters. The lowest BCUT2D eigenvalue weighted by molar-refractivity contribution is 0.660. The number of benzene rings is 22. The van der Waals surface area contributed by atoms with Crippen LogP contribution in [0.1, 0.15) is 47.2 Å². The lowest BCUT2D eigenvalue weighted by atomic mass is 9.67. The number of rotatable bonds is 12. The van der Waals surface area contributed by atoms with E-state index in [2.05, 4.69) is 506 Å². The fourth-order valence-electron chi connectivity index (χ4n) is 22.0. The fourth-order valence-corrected chi connectivity index (χ4v) is 22.0. The van der Waals surface area contributed by atoms with Crippen LogP contribution in [-0.2, 0) is 10.8 Å². The van der Waals surface area contributed by atoms with Gasteiger partial charge in [0.15, 0.2) is 0 Å². The maximum Gasteiger partial charge on any atom is 0.0714 e. The molecule has 24 aromatic rings. The fraction of sp³-hybridized carbons (Fsp3) is 0.0323. The van der Waals surface area contributed by atoms with E-state index < -0.39 is 5.41 Å². The zero-order valence-electron chi connectivity index (χ0n) is 70.8. The molecule has 0 aliphatic heterocycles. The Kier molecular flexibility index (Phi) is 17.2. The van der Waals surface area contributed by atoms with Gasteiger partial charge in [-0.05, 0) is 276 Å². The molecule has 0 bridgehead atoms. The topological polar surface area (TPSA) is 16.3 Å². The molecule has 2 heterocycles. The van der Waals surface area contributed by atoms with Crippen molar-refractivity contribution >= 4 is 142 Å². The van der Waals surface area contributed by atoms with Crippen LogP contribution in [0.2, 0.25) is 0 Å². The molecular formula is C124H84N4. The molecule has 600 valence electrons. The van der Waals surface area contributed by atoms with Crippen molar-refractivity contribution in [2.45, 2.75) is 24.7 Å². The van der Waals surface area contributed by atoms with E-state index in [4.69, 9.17) is 0 Å². The molecule has 26 rings (SSSR count). The van der Waals surface area contributed by atoms with Crippen LogP contribution in [0.15, 0.2) is 473 Å². The summed E-state index contributed by atoms with van der Waals surface area (Å²) in [6.45, 7) is 4.73. The van der Waals surface area contributed by atoms with Crippen molar-refractivity contribution in [2.24, 2.45) is 0 Å². The van der Waals surface area contributed by atoms with Crippen LogP contribution in [0.3, 0.4) is 0 Å². The average molecular weight is 1630 g/mol. The second-order valence-corrected chi connectivity index (χ2v) is 34.9. The molecule has 2 aliphatic carbocycles. The Balaban J connectivity index is 0.000000141. The van der Waals surface area contributed by atoms with Gasteiger partial charge < -0.3 is 18.9 Å². The van der Waals surface area contributed by atoms with Crippen molar-refractivity contribution in [3.63, 3.8) is 0 Å². The molecule has 4 heteroatoms. The highest BCUT2D eigenvalue weighted by Gasteiger charge is 2.47. The molecule has 22 aromatic carbocycles. The van der Waals surface area contributed by atoms with E-state index >= 15 is 0 Å². The minimum atomic E-state index is -0.527. The third-order valence-corrected chi connectivity index (χ3v) is 27.8. The summed E-state index contributed by atoms with van der Waals surface area (Å²) in [5.41, 5.74) is 31.0. The number of nitrogens with zero attached hydrogens (tertiary/aromatic N) is 4. The molecule has 0 spiro atoms. The monoisotopic (exact) mass is 1630 g/mol. The Labute approximate surface area is 743 Å². The first kappa shape index (κ1) is 74.2. The molecule has 0 radical (unpaired) electrons. The van der Waals surface area contributed by atoms with Gasteiger partial charge in [0.2, 0.25) is 0 Å². The van der Waals surface area contributed by atoms with Crippen LogP contribution in [0.25, 0.3) is 164 Å². The van der Waals surface area contributed by atoms with Crippen molar-refractivity contribution in [3.05, 3.63) is 507 Å². The summed E-state index contributed by atoms with van der Waals surface area (Å²) in [4.78, 5) is 4.91. The largest absolute Gasteiger partial charge is 0.310 e. The highest BCUT2D eigenvalue weighted by atomic mass is 15.1. The summed E-state index contributed by atoms with van der Waals surface area (Å²) >= 11 is 0. The van der Waals surface area contributed by atoms with Gasteiger partial charge >= 0.3 is 0 Å². The van der Waals surface area contributed by atoms with Gasteiger partial charge in [0.1, 0.15) is 0 Å². The zero-order valence-corrected chi connectivity index (χ0v) is 70.8. The standard InChI is InChI=1S/C67H44N2.C57H40N2/c1-4-18-47(19-5-1)67(48-20-6-2-7-21-48)63-30-16-14-28-58(63)59-40-38-52(44-64(59)67)68(51-37-39-57-55-26-11-10-24-53(55)54-25-12-13-27-56(54)61(57)43-51)50-35-32-45(33-36-50)46-34-41-66-62(42-46)60-29-15-17-31-65(60)69(66)49-22-8-3-9-23-49;1-57(2)53-22-12-10-20-48(53)49-32-30-42(36-54(49)57)58(41-29-31-47-45-18-7-6-16-43(45)44-17-8-9-19-46(44)51(47)35-41)40-27-24-37(25-28-40)38-26-33-56-52(34-38)50-21-11-13-23-55(50)59(56)39-14-4-3-5-15-39/h1-44H;3-36H,1-2H3. The van der Waals surface area contributed by atoms with E-state index in [1.54, 1.807) is 0 Å². The minimum Gasteiger partial charge on any atom is -0.310 e. The van der Waals surface area contributed by atoms with Gasteiger partial charge in [-0.1, -0.05) is 354 Å². The molecule has 2 aromatic heterocycles. The number of anilines is 6. The Bertz CT molecular complexity index is 8470. The highest BCUT2D eigenvalue weighted by Crippen LogP contribution is 2.59. The van der Waals surface area contributed by atoms with E-state index in [-0.39, 0.29) is 5.41 Å². The van der Waals surface area contributed by atoms with Crippen molar-refractivity contribution in [1.82, 2.24) is 9.13 Å². The second-order valence-electron chi connectivity index (χ2n) is 34.9. The highest BCUT2D eigenvalue weighted by molar-refractivity contribution is 6.27. The summed E-state index contributed by atoms with van der Waals surface area (Å²) in [5.74, 6) is 0. The van der Waals surface area contributed by atoms with Crippen LogP contribution < -0.4 is 9.80 Å². The Morgan fingerprint density at radius 2 is 0.453 bits per heavy atom. The first-order chi connectivity index (χ1) is 63.3. The lowest BCUT2D eigenvalue weighted by Crippen LogP contribution is -2.28. The second kappa shape index (κ2) is 29.7. The van der Waals surface area contributed by atoms with E-state index in [1.165, 1.54) is 192 Å². The molecule has 0 saturated carbocycles. The Morgan fingerprint density at radius 1 is 0.172 bits per heavy atom. The van der Waals surface area contributed by atoms with Crippen molar-refractivity contribution in [3.8, 4) is 55.9 Å². The van der Waals surface area contributed by atoms with Crippen LogP contribution in [0.4, 0.5) is 34.1 Å². The van der Waals surface area contributed by atoms with Gasteiger partial charge in [-0.3, -0.25) is 0 Å². The van der Waals surface area contributed by atoms with Crippen molar-refractivity contribution in [1.29, 1.82) is 0 Å². The van der Waals surface area contributed by atoms with E-state index in [9.17, 15) is 0 Å². The van der Waals surface area contributed by atoms with E-state index in [1.807, 2.05) is 0 Å². The van der Waals surface area contributed by atoms with Crippen LogP contribution in [-0.4, -0.2) is 9.13 Å². The third-order valence-electron chi connectivity index (χ3n) is 27.8. The molecule has 0 amide bonds. The number of para-hydroxylation sites is 4. The Morgan fingerprint density at radius 3 is 0.875 bits per heavy atom. The van der Waals surface area contributed by atoms with Gasteiger partial charge in [0.05, 0.1) is 27.5 Å². The Hall–Kier alpha value is -16.4. The van der Waals surface area contributed by atoms with Crippen LogP contribution in [0.5, 0.6) is 0 Å². The molecule has 0 N–H and O–H groups in total. The summed E-state index contributed by atoms with van der Waals surface area (Å²) in [7, 11) is 0. The van der Waals surface area contributed by atoms with Crippen molar-refractivity contribution in [2.75, 3.05) is 9.80 Å². The van der Waals surface area contributed by atoms with Gasteiger partial charge in [0.25, 0.3) is 0 Å². The van der Waals surface area contributed by atoms with Crippen LogP contribution in [0, 0.1) is 0 Å². The normalized spacial score (nSPS) is 12.9. The molecular weight excluding hydrogens is 1550 g/mol. The maximum atomic E-state index is 2.47. The smallest absolute Gasteiger partial charge is 0.0714 e. The average Bonchev–Trinajstić information content (AvgIpc) is 1.53. The van der Waals surface area contributed by atoms with Gasteiger partial charge in [-0.25, -0.2) is 0 Å². The molecule has 0 unspecified atom stereocenters. The number of aromatic nitrogens is 2. The number of hydrogen-bond donors (Lipinski definition) is 0. The van der Waals surface area contributed by atoms with Crippen LogP contribution >= 0.6 is 0 Å². The van der Waals surface area contributed by atoms with E-state index in [0.29, 0.717) is 0 Å². The summed E-state index contributed by atoms with van der Waals surface area (Å²) in [6.07, 6.45) is 0. The molecule has 0 fully saturated rings. The number of fused-ring (bicyclic) bond motifs is 24. The first-order valence-electron chi connectivity index (χ1n) is 44.5. The quantitative estimate of drug-likeness (QED) is 0.113. The first-order valence-corrected chi connectivity index (χ1v) is 44.5. The summed E-state index contributed by atoms with van der Waals surface area (Å²) < 4.78 is 4.76. The third kappa shape index (κ3) is 11.6. The predicted octanol–water partition coefficient (Wildman–Crippen LogP) is 33.4. The lowest BCUT2D eigenvalue weighted by Gasteiger charge is -2.35. The number of hydrogen-bond acceptors (Lipinski definition) is 2. The van der Waals surface area contributed by atoms with Gasteiger partial charge in [0, 0.05) is 72.5 Å². The maximum absolute atomic E-state index is 2.47.